The Morgan fingerprint density at radius 1 is 1.09 bits per heavy atom. The van der Waals surface area contributed by atoms with Crippen molar-refractivity contribution in [2.24, 2.45) is 0 Å². The van der Waals surface area contributed by atoms with Crippen molar-refractivity contribution < 1.29 is 4.52 Å². The molecule has 1 aromatic heterocycles. The van der Waals surface area contributed by atoms with Gasteiger partial charge >= 0.3 is 0 Å². The highest BCUT2D eigenvalue weighted by Gasteiger charge is 2.42. The zero-order valence-corrected chi connectivity index (χ0v) is 12.9. The molecule has 4 rings (SSSR count). The van der Waals surface area contributed by atoms with Gasteiger partial charge in [0.05, 0.1) is 5.41 Å². The van der Waals surface area contributed by atoms with Gasteiger partial charge in [-0.1, -0.05) is 54.8 Å². The molecule has 1 aromatic carbocycles. The molecular formula is C18H23N3O. The van der Waals surface area contributed by atoms with Gasteiger partial charge in [-0.2, -0.15) is 4.98 Å². The molecule has 2 fully saturated rings. The molecule has 22 heavy (non-hydrogen) atoms. The minimum Gasteiger partial charge on any atom is -0.338 e. The first kappa shape index (κ1) is 13.9. The van der Waals surface area contributed by atoms with Crippen LogP contribution in [0.2, 0.25) is 0 Å². The van der Waals surface area contributed by atoms with Crippen molar-refractivity contribution in [3.63, 3.8) is 0 Å². The van der Waals surface area contributed by atoms with Crippen LogP contribution in [0.3, 0.4) is 0 Å². The molecule has 4 nitrogen and oxygen atoms in total. The van der Waals surface area contributed by atoms with Gasteiger partial charge in [-0.3, -0.25) is 0 Å². The maximum absolute atomic E-state index is 5.76. The largest absolute Gasteiger partial charge is 0.338 e. The quantitative estimate of drug-likeness (QED) is 0.943. The van der Waals surface area contributed by atoms with Crippen LogP contribution in [-0.4, -0.2) is 23.2 Å². The minimum absolute atomic E-state index is 0.152. The fraction of sp³-hybridized carbons (Fsp3) is 0.556. The van der Waals surface area contributed by atoms with Crippen LogP contribution in [0.25, 0.3) is 0 Å². The molecule has 1 aliphatic heterocycles. The van der Waals surface area contributed by atoms with Crippen molar-refractivity contribution in [2.45, 2.75) is 49.9 Å². The molecule has 0 spiro atoms. The number of hydrogen-bond acceptors (Lipinski definition) is 4. The van der Waals surface area contributed by atoms with Crippen LogP contribution < -0.4 is 5.32 Å². The zero-order valence-electron chi connectivity index (χ0n) is 12.9. The highest BCUT2D eigenvalue weighted by molar-refractivity contribution is 5.34. The standard InChI is InChI=1S/C18H23N3O/c1-3-7-14(8-4-1)16-20-17(22-21-16)18(11-12-19-13-18)15-9-5-2-6-10-15/h2,5-6,9-10,14,19H,1,3-4,7-8,11-13H2. The summed E-state index contributed by atoms with van der Waals surface area (Å²) in [7, 11) is 0. The minimum atomic E-state index is -0.152. The van der Waals surface area contributed by atoms with Crippen LogP contribution in [0.5, 0.6) is 0 Å². The van der Waals surface area contributed by atoms with Gasteiger partial charge in [0.15, 0.2) is 5.82 Å². The monoisotopic (exact) mass is 297 g/mol. The lowest BCUT2D eigenvalue weighted by Crippen LogP contribution is -2.30. The van der Waals surface area contributed by atoms with Crippen LogP contribution >= 0.6 is 0 Å². The summed E-state index contributed by atoms with van der Waals surface area (Å²) in [5.41, 5.74) is 1.13. The predicted molar refractivity (Wildman–Crippen MR) is 84.8 cm³/mol. The van der Waals surface area contributed by atoms with Gasteiger partial charge in [-0.25, -0.2) is 0 Å². The summed E-state index contributed by atoms with van der Waals surface area (Å²) < 4.78 is 5.76. The van der Waals surface area contributed by atoms with Crippen molar-refractivity contribution in [1.29, 1.82) is 0 Å². The molecule has 2 aromatic rings. The van der Waals surface area contributed by atoms with E-state index in [0.29, 0.717) is 5.92 Å². The van der Waals surface area contributed by atoms with Gasteiger partial charge in [0.1, 0.15) is 0 Å². The van der Waals surface area contributed by atoms with E-state index in [1.807, 2.05) is 0 Å². The Hall–Kier alpha value is -1.68. The fourth-order valence-corrected chi connectivity index (χ4v) is 3.96. The van der Waals surface area contributed by atoms with Crippen molar-refractivity contribution in [1.82, 2.24) is 15.5 Å². The average molecular weight is 297 g/mol. The molecule has 2 aliphatic rings. The average Bonchev–Trinajstić information content (AvgIpc) is 3.27. The molecule has 1 aliphatic carbocycles. The van der Waals surface area contributed by atoms with Crippen LogP contribution in [0.1, 0.15) is 61.7 Å². The molecule has 0 amide bonds. The van der Waals surface area contributed by atoms with E-state index in [4.69, 9.17) is 9.51 Å². The third-order valence-corrected chi connectivity index (χ3v) is 5.30. The fourth-order valence-electron chi connectivity index (χ4n) is 3.96. The van der Waals surface area contributed by atoms with E-state index in [-0.39, 0.29) is 5.41 Å². The van der Waals surface area contributed by atoms with Gasteiger partial charge in [-0.05, 0) is 31.4 Å². The summed E-state index contributed by atoms with van der Waals surface area (Å²) >= 11 is 0. The summed E-state index contributed by atoms with van der Waals surface area (Å²) in [4.78, 5) is 4.85. The van der Waals surface area contributed by atoms with Gasteiger partial charge in [0.25, 0.3) is 0 Å². The van der Waals surface area contributed by atoms with E-state index in [0.717, 1.165) is 31.2 Å². The van der Waals surface area contributed by atoms with Crippen LogP contribution in [-0.2, 0) is 5.41 Å². The number of aromatic nitrogens is 2. The molecular weight excluding hydrogens is 274 g/mol. The summed E-state index contributed by atoms with van der Waals surface area (Å²) in [6.07, 6.45) is 7.35. The van der Waals surface area contributed by atoms with E-state index in [1.54, 1.807) is 0 Å². The number of nitrogens with one attached hydrogen (secondary N) is 1. The van der Waals surface area contributed by atoms with Gasteiger partial charge in [0, 0.05) is 12.5 Å². The van der Waals surface area contributed by atoms with E-state index in [1.165, 1.54) is 37.7 Å². The number of rotatable bonds is 3. The molecule has 0 bridgehead atoms. The Morgan fingerprint density at radius 3 is 2.64 bits per heavy atom. The Bertz CT molecular complexity index is 610. The van der Waals surface area contributed by atoms with Crippen molar-refractivity contribution in [3.05, 3.63) is 47.6 Å². The topological polar surface area (TPSA) is 51.0 Å². The molecule has 2 heterocycles. The lowest BCUT2D eigenvalue weighted by atomic mass is 9.79. The Labute approximate surface area is 131 Å². The number of benzene rings is 1. The Kier molecular flexibility index (Phi) is 3.70. The summed E-state index contributed by atoms with van der Waals surface area (Å²) in [6.45, 7) is 1.87. The van der Waals surface area contributed by atoms with Gasteiger partial charge in [-0.15, -0.1) is 0 Å². The maximum atomic E-state index is 5.76. The number of hydrogen-bond donors (Lipinski definition) is 1. The summed E-state index contributed by atoms with van der Waals surface area (Å²) in [5.74, 6) is 2.22. The molecule has 1 saturated carbocycles. The molecule has 116 valence electrons. The SMILES string of the molecule is c1ccc(C2(c3nc(C4CCCCC4)no3)CCNC2)cc1. The molecule has 4 heteroatoms. The lowest BCUT2D eigenvalue weighted by molar-refractivity contribution is 0.313. The van der Waals surface area contributed by atoms with E-state index in [9.17, 15) is 0 Å². The predicted octanol–water partition coefficient (Wildman–Crippen LogP) is 3.40. The second-order valence-corrected chi connectivity index (χ2v) is 6.67. The van der Waals surface area contributed by atoms with E-state index >= 15 is 0 Å². The zero-order chi connectivity index (χ0) is 14.8. The number of nitrogens with zero attached hydrogens (tertiary/aromatic N) is 2. The third kappa shape index (κ3) is 2.35. The first-order valence-corrected chi connectivity index (χ1v) is 8.49. The van der Waals surface area contributed by atoms with Gasteiger partial charge < -0.3 is 9.84 Å². The van der Waals surface area contributed by atoms with Crippen molar-refractivity contribution >= 4 is 0 Å². The van der Waals surface area contributed by atoms with Crippen LogP contribution in [0, 0.1) is 0 Å². The second-order valence-electron chi connectivity index (χ2n) is 6.67. The summed E-state index contributed by atoms with van der Waals surface area (Å²) in [6, 6.07) is 10.6. The highest BCUT2D eigenvalue weighted by Crippen LogP contribution is 2.38. The maximum Gasteiger partial charge on any atom is 0.238 e. The normalized spacial score (nSPS) is 26.4. The molecule has 1 saturated heterocycles. The van der Waals surface area contributed by atoms with Gasteiger partial charge in [0.2, 0.25) is 5.89 Å². The van der Waals surface area contributed by atoms with Crippen LogP contribution in [0.15, 0.2) is 34.9 Å². The highest BCUT2D eigenvalue weighted by atomic mass is 16.5. The lowest BCUT2D eigenvalue weighted by Gasteiger charge is -2.24. The van der Waals surface area contributed by atoms with E-state index < -0.39 is 0 Å². The first-order valence-electron chi connectivity index (χ1n) is 8.49. The van der Waals surface area contributed by atoms with E-state index in [2.05, 4.69) is 40.8 Å². The van der Waals surface area contributed by atoms with Crippen LogP contribution in [0.4, 0.5) is 0 Å². The summed E-state index contributed by atoms with van der Waals surface area (Å²) in [5, 5.41) is 7.81. The molecule has 1 atom stereocenters. The first-order chi connectivity index (χ1) is 10.9. The molecule has 0 radical (unpaired) electrons. The second kappa shape index (κ2) is 5.84. The Morgan fingerprint density at radius 2 is 1.91 bits per heavy atom. The Balaban J connectivity index is 1.68. The molecule has 1 N–H and O–H groups in total. The van der Waals surface area contributed by atoms with Crippen molar-refractivity contribution in [3.8, 4) is 0 Å². The smallest absolute Gasteiger partial charge is 0.238 e. The van der Waals surface area contributed by atoms with Crippen molar-refractivity contribution in [2.75, 3.05) is 13.1 Å². The third-order valence-electron chi connectivity index (χ3n) is 5.30. The molecule has 1 unspecified atom stereocenters.